The highest BCUT2D eigenvalue weighted by Gasteiger charge is 2.19. The second-order valence-corrected chi connectivity index (χ2v) is 10.1. The number of rotatable bonds is 6. The normalized spacial score (nSPS) is 16.8. The van der Waals surface area contributed by atoms with Gasteiger partial charge in [-0.3, -0.25) is 0 Å². The molecule has 0 aliphatic heterocycles. The zero-order valence-corrected chi connectivity index (χ0v) is 14.6. The van der Waals surface area contributed by atoms with Gasteiger partial charge in [0.15, 0.2) is 19.7 Å². The average molecular weight is 345 g/mol. The summed E-state index contributed by atoms with van der Waals surface area (Å²) >= 11 is 0. The molecule has 0 heterocycles. The molecule has 1 fully saturated rings. The maximum Gasteiger partial charge on any atom is 0.177 e. The van der Waals surface area contributed by atoms with Crippen LogP contribution in [0.25, 0.3) is 0 Å². The number of benzene rings is 1. The molecule has 0 saturated heterocycles. The van der Waals surface area contributed by atoms with Crippen LogP contribution in [-0.4, -0.2) is 35.9 Å². The molecule has 0 aromatic heterocycles. The van der Waals surface area contributed by atoms with E-state index in [2.05, 4.69) is 5.32 Å². The van der Waals surface area contributed by atoms with E-state index in [-0.39, 0.29) is 9.79 Å². The van der Waals surface area contributed by atoms with Crippen LogP contribution in [0.1, 0.15) is 32.1 Å². The first kappa shape index (κ1) is 17.3. The highest BCUT2D eigenvalue weighted by Crippen LogP contribution is 2.29. The van der Waals surface area contributed by atoms with Crippen LogP contribution in [0.4, 0.5) is 5.69 Å². The molecule has 124 valence electrons. The van der Waals surface area contributed by atoms with Gasteiger partial charge in [0, 0.05) is 19.1 Å². The van der Waals surface area contributed by atoms with Crippen molar-refractivity contribution in [1.82, 2.24) is 0 Å². The third-order valence-electron chi connectivity index (χ3n) is 4.12. The van der Waals surface area contributed by atoms with Gasteiger partial charge in [-0.2, -0.15) is 0 Å². The Morgan fingerprint density at radius 1 is 1.05 bits per heavy atom. The standard InChI is InChI=1S/C15H23NO4S2/c1-21(17,18)13-7-8-14(15(11-13)22(2,19)20)16-10-9-12-5-3-4-6-12/h7-8,11-12,16H,3-6,9-10H2,1-2H3. The molecule has 1 aromatic rings. The van der Waals surface area contributed by atoms with Crippen LogP contribution >= 0.6 is 0 Å². The van der Waals surface area contributed by atoms with Crippen LogP contribution in [0.2, 0.25) is 0 Å². The molecule has 1 N–H and O–H groups in total. The third kappa shape index (κ3) is 4.46. The van der Waals surface area contributed by atoms with E-state index in [0.717, 1.165) is 18.9 Å². The molecule has 0 amide bonds. The van der Waals surface area contributed by atoms with Gasteiger partial charge in [-0.15, -0.1) is 0 Å². The van der Waals surface area contributed by atoms with Crippen molar-refractivity contribution >= 4 is 25.4 Å². The maximum atomic E-state index is 11.9. The molecule has 22 heavy (non-hydrogen) atoms. The predicted octanol–water partition coefficient (Wildman–Crippen LogP) is 2.49. The average Bonchev–Trinajstić information content (AvgIpc) is 2.89. The van der Waals surface area contributed by atoms with E-state index in [1.807, 2.05) is 0 Å². The van der Waals surface area contributed by atoms with Gasteiger partial charge in [0.25, 0.3) is 0 Å². The first-order valence-electron chi connectivity index (χ1n) is 7.46. The summed E-state index contributed by atoms with van der Waals surface area (Å²) in [6.07, 6.45) is 8.22. The minimum absolute atomic E-state index is 0.0225. The molecule has 7 heteroatoms. The molecule has 0 atom stereocenters. The molecule has 2 rings (SSSR count). The van der Waals surface area contributed by atoms with Crippen molar-refractivity contribution in [3.63, 3.8) is 0 Å². The van der Waals surface area contributed by atoms with Gasteiger partial charge in [0.2, 0.25) is 0 Å². The summed E-state index contributed by atoms with van der Waals surface area (Å²) in [6.45, 7) is 0.700. The van der Waals surface area contributed by atoms with E-state index in [0.29, 0.717) is 18.2 Å². The second-order valence-electron chi connectivity index (χ2n) is 6.07. The van der Waals surface area contributed by atoms with Gasteiger partial charge in [-0.05, 0) is 30.5 Å². The summed E-state index contributed by atoms with van der Waals surface area (Å²) in [6, 6.07) is 4.23. The zero-order chi connectivity index (χ0) is 16.4. The Morgan fingerprint density at radius 3 is 2.23 bits per heavy atom. The first-order chi connectivity index (χ1) is 10.2. The maximum absolute atomic E-state index is 11.9. The van der Waals surface area contributed by atoms with Gasteiger partial charge in [0.05, 0.1) is 15.5 Å². The first-order valence-corrected chi connectivity index (χ1v) is 11.2. The van der Waals surface area contributed by atoms with Gasteiger partial charge in [-0.25, -0.2) is 16.8 Å². The van der Waals surface area contributed by atoms with Crippen LogP contribution < -0.4 is 5.32 Å². The highest BCUT2D eigenvalue weighted by molar-refractivity contribution is 7.91. The smallest absolute Gasteiger partial charge is 0.177 e. The van der Waals surface area contributed by atoms with Crippen LogP contribution in [0.3, 0.4) is 0 Å². The fourth-order valence-electron chi connectivity index (χ4n) is 2.90. The van der Waals surface area contributed by atoms with Crippen molar-refractivity contribution in [3.05, 3.63) is 18.2 Å². The minimum Gasteiger partial charge on any atom is -0.384 e. The van der Waals surface area contributed by atoms with Crippen molar-refractivity contribution in [2.75, 3.05) is 24.4 Å². The van der Waals surface area contributed by atoms with Crippen LogP contribution in [0.5, 0.6) is 0 Å². The van der Waals surface area contributed by atoms with E-state index in [1.165, 1.54) is 37.8 Å². The number of hydrogen-bond acceptors (Lipinski definition) is 5. The minimum atomic E-state index is -3.49. The number of nitrogens with one attached hydrogen (secondary N) is 1. The lowest BCUT2D eigenvalue weighted by molar-refractivity contribution is 0.518. The Balaban J connectivity index is 2.19. The Bertz CT molecular complexity index is 733. The second kappa shape index (κ2) is 6.58. The van der Waals surface area contributed by atoms with Crippen molar-refractivity contribution in [2.24, 2.45) is 5.92 Å². The topological polar surface area (TPSA) is 80.3 Å². The molecule has 0 bridgehead atoms. The molecule has 1 saturated carbocycles. The summed E-state index contributed by atoms with van der Waals surface area (Å²) in [5.74, 6) is 0.712. The quantitative estimate of drug-likeness (QED) is 0.857. The van der Waals surface area contributed by atoms with Crippen LogP contribution in [-0.2, 0) is 19.7 Å². The molecule has 1 aliphatic carbocycles. The zero-order valence-electron chi connectivity index (χ0n) is 13.0. The van der Waals surface area contributed by atoms with Crippen LogP contribution in [0, 0.1) is 5.92 Å². The molecule has 1 aliphatic rings. The Morgan fingerprint density at radius 2 is 1.68 bits per heavy atom. The van der Waals surface area contributed by atoms with Gasteiger partial charge in [0.1, 0.15) is 0 Å². The van der Waals surface area contributed by atoms with Gasteiger partial charge in [-0.1, -0.05) is 25.7 Å². The fourth-order valence-corrected chi connectivity index (χ4v) is 4.50. The highest BCUT2D eigenvalue weighted by atomic mass is 32.2. The van der Waals surface area contributed by atoms with E-state index >= 15 is 0 Å². The summed E-state index contributed by atoms with van der Waals surface area (Å²) in [5.41, 5.74) is 0.480. The van der Waals surface area contributed by atoms with Crippen molar-refractivity contribution < 1.29 is 16.8 Å². The monoisotopic (exact) mass is 345 g/mol. The fraction of sp³-hybridized carbons (Fsp3) is 0.600. The molecule has 0 spiro atoms. The Labute approximate surface area is 133 Å². The number of hydrogen-bond donors (Lipinski definition) is 1. The lowest BCUT2D eigenvalue weighted by Crippen LogP contribution is -2.11. The van der Waals surface area contributed by atoms with E-state index < -0.39 is 19.7 Å². The third-order valence-corrected chi connectivity index (χ3v) is 6.37. The van der Waals surface area contributed by atoms with Crippen molar-refractivity contribution in [3.8, 4) is 0 Å². The summed E-state index contributed by atoms with van der Waals surface area (Å²) < 4.78 is 47.0. The molecular formula is C15H23NO4S2. The van der Waals surface area contributed by atoms with Gasteiger partial charge >= 0.3 is 0 Å². The molecular weight excluding hydrogens is 322 g/mol. The van der Waals surface area contributed by atoms with Gasteiger partial charge < -0.3 is 5.32 Å². The predicted molar refractivity (Wildman–Crippen MR) is 87.7 cm³/mol. The van der Waals surface area contributed by atoms with Crippen molar-refractivity contribution in [2.45, 2.75) is 41.9 Å². The summed E-state index contributed by atoms with van der Waals surface area (Å²) in [7, 11) is -6.92. The largest absolute Gasteiger partial charge is 0.384 e. The summed E-state index contributed by atoms with van der Waals surface area (Å²) in [5, 5.41) is 3.15. The van der Waals surface area contributed by atoms with E-state index in [4.69, 9.17) is 0 Å². The molecule has 0 radical (unpaired) electrons. The molecule has 5 nitrogen and oxygen atoms in total. The van der Waals surface area contributed by atoms with Crippen molar-refractivity contribution in [1.29, 1.82) is 0 Å². The SMILES string of the molecule is CS(=O)(=O)c1ccc(NCCC2CCCC2)c(S(C)(=O)=O)c1. The lowest BCUT2D eigenvalue weighted by atomic mass is 10.0. The number of anilines is 1. The lowest BCUT2D eigenvalue weighted by Gasteiger charge is -2.14. The Kier molecular flexibility index (Phi) is 5.17. The van der Waals surface area contributed by atoms with E-state index in [1.54, 1.807) is 6.07 Å². The van der Waals surface area contributed by atoms with E-state index in [9.17, 15) is 16.8 Å². The Hall–Kier alpha value is -1.08. The molecule has 1 aromatic carbocycles. The molecule has 0 unspecified atom stereocenters. The summed E-state index contributed by atoms with van der Waals surface area (Å²) in [4.78, 5) is 0.0658. The number of sulfone groups is 2. The van der Waals surface area contributed by atoms with Crippen LogP contribution in [0.15, 0.2) is 28.0 Å².